The van der Waals surface area contributed by atoms with Gasteiger partial charge < -0.3 is 9.72 Å². The van der Waals surface area contributed by atoms with Crippen LogP contribution in [-0.2, 0) is 16.0 Å². The normalized spacial score (nSPS) is 10.5. The summed E-state index contributed by atoms with van der Waals surface area (Å²) < 4.78 is 5.08. The Morgan fingerprint density at radius 1 is 0.955 bits per heavy atom. The van der Waals surface area contributed by atoms with Gasteiger partial charge >= 0.3 is 5.97 Å². The van der Waals surface area contributed by atoms with Gasteiger partial charge in [-0.2, -0.15) is 0 Å². The molecular weight excluding hydrogens is 278 g/mol. The molecule has 2 aromatic carbocycles. The highest BCUT2D eigenvalue weighted by atomic mass is 16.5. The first kappa shape index (κ1) is 14.1. The van der Waals surface area contributed by atoms with Crippen LogP contribution in [-0.4, -0.2) is 23.3 Å². The Kier molecular flexibility index (Phi) is 4.01. The molecule has 22 heavy (non-hydrogen) atoms. The number of nitrogens with one attached hydrogen (secondary N) is 1. The predicted molar refractivity (Wildman–Crippen MR) is 83.7 cm³/mol. The van der Waals surface area contributed by atoms with Crippen molar-refractivity contribution in [2.45, 2.75) is 6.42 Å². The lowest BCUT2D eigenvalue weighted by Gasteiger charge is -2.04. The number of fused-ring (bicyclic) bond motifs is 1. The largest absolute Gasteiger partial charge is 0.459 e. The van der Waals surface area contributed by atoms with Crippen molar-refractivity contribution in [3.8, 4) is 0 Å². The standard InChI is InChI=1S/C18H15NO3/c20-17(15-12-19-16-9-5-4-8-14(15)16)18(21)22-11-10-13-6-2-1-3-7-13/h1-9,12,19H,10-11H2. The molecule has 4 heteroatoms. The highest BCUT2D eigenvalue weighted by Gasteiger charge is 2.21. The minimum Gasteiger partial charge on any atom is -0.459 e. The van der Waals surface area contributed by atoms with Gasteiger partial charge in [0, 0.05) is 23.5 Å². The first-order valence-corrected chi connectivity index (χ1v) is 7.07. The zero-order valence-corrected chi connectivity index (χ0v) is 11.9. The Bertz CT molecular complexity index is 805. The van der Waals surface area contributed by atoms with Gasteiger partial charge in [0.1, 0.15) is 0 Å². The van der Waals surface area contributed by atoms with Crippen LogP contribution in [0.2, 0.25) is 0 Å². The van der Waals surface area contributed by atoms with E-state index in [4.69, 9.17) is 4.74 Å². The number of aromatic amines is 1. The number of ether oxygens (including phenoxy) is 1. The van der Waals surface area contributed by atoms with E-state index in [1.54, 1.807) is 12.3 Å². The van der Waals surface area contributed by atoms with Crippen LogP contribution in [0.15, 0.2) is 60.8 Å². The van der Waals surface area contributed by atoms with Crippen molar-refractivity contribution in [1.82, 2.24) is 4.98 Å². The fourth-order valence-electron chi connectivity index (χ4n) is 2.34. The van der Waals surface area contributed by atoms with Crippen molar-refractivity contribution < 1.29 is 14.3 Å². The van der Waals surface area contributed by atoms with Gasteiger partial charge in [-0.1, -0.05) is 48.5 Å². The molecule has 1 N–H and O–H groups in total. The number of hydrogen-bond acceptors (Lipinski definition) is 3. The molecule has 3 rings (SSSR count). The zero-order chi connectivity index (χ0) is 15.4. The number of rotatable bonds is 5. The van der Waals surface area contributed by atoms with Gasteiger partial charge in [0.15, 0.2) is 0 Å². The van der Waals surface area contributed by atoms with Gasteiger partial charge in [-0.05, 0) is 11.6 Å². The maximum absolute atomic E-state index is 12.2. The number of aromatic nitrogens is 1. The molecule has 110 valence electrons. The monoisotopic (exact) mass is 293 g/mol. The quantitative estimate of drug-likeness (QED) is 0.446. The summed E-state index contributed by atoms with van der Waals surface area (Å²) >= 11 is 0. The summed E-state index contributed by atoms with van der Waals surface area (Å²) in [5.41, 5.74) is 2.23. The summed E-state index contributed by atoms with van der Waals surface area (Å²) in [6.45, 7) is 0.191. The van der Waals surface area contributed by atoms with Crippen LogP contribution >= 0.6 is 0 Å². The number of benzene rings is 2. The number of esters is 1. The van der Waals surface area contributed by atoms with Crippen molar-refractivity contribution >= 4 is 22.7 Å². The number of carbonyl (C=O) groups is 2. The van der Waals surface area contributed by atoms with Crippen molar-refractivity contribution in [2.24, 2.45) is 0 Å². The molecule has 0 unspecified atom stereocenters. The summed E-state index contributed by atoms with van der Waals surface area (Å²) in [6, 6.07) is 17.0. The number of Topliss-reactive ketones (excluding diaryl/α,β-unsaturated/α-hetero) is 1. The van der Waals surface area contributed by atoms with E-state index >= 15 is 0 Å². The summed E-state index contributed by atoms with van der Waals surface area (Å²) in [5.74, 6) is -1.44. The molecule has 0 spiro atoms. The van der Waals surface area contributed by atoms with E-state index in [1.165, 1.54) is 0 Å². The maximum Gasteiger partial charge on any atom is 0.379 e. The van der Waals surface area contributed by atoms with Crippen LogP contribution in [0.4, 0.5) is 0 Å². The summed E-state index contributed by atoms with van der Waals surface area (Å²) in [7, 11) is 0. The molecule has 0 saturated carbocycles. The zero-order valence-electron chi connectivity index (χ0n) is 11.9. The van der Waals surface area contributed by atoms with Crippen molar-refractivity contribution in [3.05, 3.63) is 71.9 Å². The molecule has 1 aromatic heterocycles. The number of para-hydroxylation sites is 1. The third-order valence-corrected chi connectivity index (χ3v) is 3.49. The Morgan fingerprint density at radius 3 is 2.50 bits per heavy atom. The van der Waals surface area contributed by atoms with Gasteiger partial charge in [-0.15, -0.1) is 0 Å². The summed E-state index contributed by atoms with van der Waals surface area (Å²) in [5, 5.41) is 0.729. The molecule has 0 amide bonds. The molecule has 0 aliphatic rings. The second-order valence-electron chi connectivity index (χ2n) is 4.95. The van der Waals surface area contributed by atoms with Crippen molar-refractivity contribution in [2.75, 3.05) is 6.61 Å². The van der Waals surface area contributed by atoms with E-state index in [0.717, 1.165) is 16.5 Å². The van der Waals surface area contributed by atoms with E-state index in [2.05, 4.69) is 4.98 Å². The number of carbonyl (C=O) groups excluding carboxylic acids is 2. The molecule has 0 saturated heterocycles. The number of ketones is 1. The Labute approximate surface area is 127 Å². The lowest BCUT2D eigenvalue weighted by molar-refractivity contribution is -0.138. The second-order valence-corrected chi connectivity index (χ2v) is 4.95. The summed E-state index contributed by atoms with van der Waals surface area (Å²) in [6.07, 6.45) is 2.14. The average Bonchev–Trinajstić information content (AvgIpc) is 2.99. The molecule has 3 aromatic rings. The van der Waals surface area contributed by atoms with Gasteiger partial charge in [0.25, 0.3) is 5.78 Å². The number of hydrogen-bond donors (Lipinski definition) is 1. The minimum absolute atomic E-state index is 0.191. The number of H-pyrrole nitrogens is 1. The van der Waals surface area contributed by atoms with Gasteiger partial charge in [-0.3, -0.25) is 4.79 Å². The fourth-order valence-corrected chi connectivity index (χ4v) is 2.34. The van der Waals surface area contributed by atoms with Crippen molar-refractivity contribution in [1.29, 1.82) is 0 Å². The Hall–Kier alpha value is -2.88. The highest BCUT2D eigenvalue weighted by Crippen LogP contribution is 2.18. The minimum atomic E-state index is -0.819. The predicted octanol–water partition coefficient (Wildman–Crippen LogP) is 3.14. The van der Waals surface area contributed by atoms with E-state index in [1.807, 2.05) is 48.5 Å². The molecule has 0 aliphatic heterocycles. The SMILES string of the molecule is O=C(OCCc1ccccc1)C(=O)c1c[nH]c2ccccc12. The molecule has 0 fully saturated rings. The van der Waals surface area contributed by atoms with Crippen LogP contribution < -0.4 is 0 Å². The third kappa shape index (κ3) is 2.91. The molecule has 0 radical (unpaired) electrons. The van der Waals surface area contributed by atoms with E-state index in [9.17, 15) is 9.59 Å². The Morgan fingerprint density at radius 2 is 1.68 bits per heavy atom. The average molecular weight is 293 g/mol. The van der Waals surface area contributed by atoms with Crippen LogP contribution in [0.1, 0.15) is 15.9 Å². The first-order chi connectivity index (χ1) is 10.8. The van der Waals surface area contributed by atoms with Crippen LogP contribution in [0.5, 0.6) is 0 Å². The van der Waals surface area contributed by atoms with Gasteiger partial charge in [-0.25, -0.2) is 4.79 Å². The van der Waals surface area contributed by atoms with E-state index in [-0.39, 0.29) is 6.61 Å². The highest BCUT2D eigenvalue weighted by molar-refractivity contribution is 6.42. The lowest BCUT2D eigenvalue weighted by Crippen LogP contribution is -2.18. The van der Waals surface area contributed by atoms with Crippen LogP contribution in [0.25, 0.3) is 10.9 Å². The second kappa shape index (κ2) is 6.26. The third-order valence-electron chi connectivity index (χ3n) is 3.49. The lowest BCUT2D eigenvalue weighted by atomic mass is 10.1. The topological polar surface area (TPSA) is 59.2 Å². The molecule has 1 heterocycles. The summed E-state index contributed by atoms with van der Waals surface area (Å²) in [4.78, 5) is 27.0. The van der Waals surface area contributed by atoms with Gasteiger partial charge in [0.2, 0.25) is 0 Å². The van der Waals surface area contributed by atoms with E-state index in [0.29, 0.717) is 12.0 Å². The van der Waals surface area contributed by atoms with Crippen molar-refractivity contribution in [3.63, 3.8) is 0 Å². The smallest absolute Gasteiger partial charge is 0.379 e. The molecule has 4 nitrogen and oxygen atoms in total. The van der Waals surface area contributed by atoms with E-state index < -0.39 is 11.8 Å². The Balaban J connectivity index is 1.64. The first-order valence-electron chi connectivity index (χ1n) is 7.07. The van der Waals surface area contributed by atoms with Crippen LogP contribution in [0, 0.1) is 0 Å². The fraction of sp³-hybridized carbons (Fsp3) is 0.111. The molecule has 0 atom stereocenters. The van der Waals surface area contributed by atoms with Crippen LogP contribution in [0.3, 0.4) is 0 Å². The molecular formula is C18H15NO3. The molecule has 0 aliphatic carbocycles. The van der Waals surface area contributed by atoms with Gasteiger partial charge in [0.05, 0.1) is 12.2 Å². The maximum atomic E-state index is 12.2. The molecule has 0 bridgehead atoms.